The number of hydrogen-bond donors (Lipinski definition) is 1. The standard InChI is InChI=1S/C7H11NO3S/c1-3-11-7(10)5-6(9)8-4(2)12-5/h5-6,9H,3H2,1-2H3. The van der Waals surface area contributed by atoms with Crippen molar-refractivity contribution >= 4 is 22.8 Å². The summed E-state index contributed by atoms with van der Waals surface area (Å²) in [6.45, 7) is 3.83. The van der Waals surface area contributed by atoms with Crippen LogP contribution in [-0.4, -0.2) is 34.2 Å². The molecule has 0 bridgehead atoms. The zero-order valence-corrected chi connectivity index (χ0v) is 7.80. The van der Waals surface area contributed by atoms with E-state index >= 15 is 0 Å². The highest BCUT2D eigenvalue weighted by atomic mass is 32.2. The van der Waals surface area contributed by atoms with Crippen molar-refractivity contribution in [3.8, 4) is 0 Å². The first-order chi connectivity index (χ1) is 5.65. The summed E-state index contributed by atoms with van der Waals surface area (Å²) in [5, 5.41) is 9.41. The summed E-state index contributed by atoms with van der Waals surface area (Å²) in [5.74, 6) is -0.393. The molecular weight excluding hydrogens is 178 g/mol. The number of aliphatic hydroxyl groups excluding tert-OH is 1. The van der Waals surface area contributed by atoms with Gasteiger partial charge in [0.05, 0.1) is 11.7 Å². The van der Waals surface area contributed by atoms with Gasteiger partial charge in [-0.05, 0) is 13.8 Å². The number of carbonyl (C=O) groups excluding carboxylic acids is 1. The molecule has 0 aliphatic carbocycles. The van der Waals surface area contributed by atoms with Crippen molar-refractivity contribution in [3.05, 3.63) is 0 Å². The Labute approximate surface area is 75.0 Å². The molecule has 68 valence electrons. The number of esters is 1. The first kappa shape index (κ1) is 9.54. The van der Waals surface area contributed by atoms with Crippen LogP contribution in [0.15, 0.2) is 4.99 Å². The number of hydrogen-bond acceptors (Lipinski definition) is 5. The Morgan fingerprint density at radius 3 is 2.92 bits per heavy atom. The van der Waals surface area contributed by atoms with E-state index in [0.29, 0.717) is 6.61 Å². The van der Waals surface area contributed by atoms with Crippen LogP contribution in [0.25, 0.3) is 0 Å². The maximum absolute atomic E-state index is 11.1. The summed E-state index contributed by atoms with van der Waals surface area (Å²) < 4.78 is 4.75. The molecule has 1 N–H and O–H groups in total. The van der Waals surface area contributed by atoms with E-state index in [1.54, 1.807) is 13.8 Å². The number of carbonyl (C=O) groups is 1. The second-order valence-corrected chi connectivity index (χ2v) is 3.69. The first-order valence-corrected chi connectivity index (χ1v) is 4.59. The molecule has 1 aliphatic heterocycles. The molecule has 0 aromatic carbocycles. The molecule has 0 radical (unpaired) electrons. The van der Waals surface area contributed by atoms with Crippen molar-refractivity contribution in [2.24, 2.45) is 4.99 Å². The minimum atomic E-state index is -0.936. The van der Waals surface area contributed by atoms with Crippen LogP contribution in [0.3, 0.4) is 0 Å². The lowest BCUT2D eigenvalue weighted by atomic mass is 10.4. The number of ether oxygens (including phenoxy) is 1. The van der Waals surface area contributed by atoms with Gasteiger partial charge in [-0.15, -0.1) is 0 Å². The fourth-order valence-electron chi connectivity index (χ4n) is 0.923. The van der Waals surface area contributed by atoms with Crippen LogP contribution in [0.4, 0.5) is 0 Å². The highest BCUT2D eigenvalue weighted by Crippen LogP contribution is 2.26. The van der Waals surface area contributed by atoms with Crippen LogP contribution in [0.2, 0.25) is 0 Å². The van der Waals surface area contributed by atoms with E-state index in [1.807, 2.05) is 0 Å². The molecule has 0 fully saturated rings. The lowest BCUT2D eigenvalue weighted by molar-refractivity contribution is -0.144. The van der Waals surface area contributed by atoms with Gasteiger partial charge in [-0.1, -0.05) is 11.8 Å². The number of aliphatic imine (C=N–C) groups is 1. The van der Waals surface area contributed by atoms with E-state index in [1.165, 1.54) is 11.8 Å². The molecule has 5 heteroatoms. The molecule has 0 saturated carbocycles. The van der Waals surface area contributed by atoms with Crippen LogP contribution >= 0.6 is 11.8 Å². The number of aliphatic hydroxyl groups is 1. The molecule has 1 aliphatic rings. The Hall–Kier alpha value is -0.550. The minimum Gasteiger partial charge on any atom is -0.465 e. The highest BCUT2D eigenvalue weighted by Gasteiger charge is 2.33. The third-order valence-corrected chi connectivity index (χ3v) is 2.54. The van der Waals surface area contributed by atoms with E-state index < -0.39 is 17.4 Å². The second-order valence-electron chi connectivity index (χ2n) is 2.35. The van der Waals surface area contributed by atoms with Crippen LogP contribution in [0, 0.1) is 0 Å². The zero-order chi connectivity index (χ0) is 9.14. The molecule has 0 spiro atoms. The van der Waals surface area contributed by atoms with Crippen molar-refractivity contribution in [1.82, 2.24) is 0 Å². The molecule has 2 atom stereocenters. The Morgan fingerprint density at radius 2 is 2.50 bits per heavy atom. The molecular formula is C7H11NO3S. The molecule has 0 aromatic heterocycles. The van der Waals surface area contributed by atoms with Crippen molar-refractivity contribution in [2.45, 2.75) is 25.3 Å². The second kappa shape index (κ2) is 3.91. The van der Waals surface area contributed by atoms with Gasteiger partial charge in [-0.2, -0.15) is 0 Å². The predicted octanol–water partition coefficient (Wildman–Crippen LogP) is 0.402. The van der Waals surface area contributed by atoms with E-state index in [4.69, 9.17) is 4.74 Å². The average Bonchev–Trinajstić information content (AvgIpc) is 2.30. The minimum absolute atomic E-state index is 0.335. The van der Waals surface area contributed by atoms with E-state index in [9.17, 15) is 9.90 Å². The summed E-state index contributed by atoms with van der Waals surface area (Å²) >= 11 is 1.25. The summed E-state index contributed by atoms with van der Waals surface area (Å²) in [6.07, 6.45) is -0.936. The van der Waals surface area contributed by atoms with Gasteiger partial charge in [-0.3, -0.25) is 9.79 Å². The fourth-order valence-corrected chi connectivity index (χ4v) is 1.81. The average molecular weight is 189 g/mol. The Balaban J connectivity index is 2.51. The van der Waals surface area contributed by atoms with E-state index in [-0.39, 0.29) is 0 Å². The summed E-state index contributed by atoms with van der Waals surface area (Å²) in [7, 11) is 0. The SMILES string of the molecule is CCOC(=O)C1SC(C)=NC1O. The van der Waals surface area contributed by atoms with E-state index in [0.717, 1.165) is 5.04 Å². The molecule has 0 saturated heterocycles. The third-order valence-electron chi connectivity index (χ3n) is 1.40. The lowest BCUT2D eigenvalue weighted by Crippen LogP contribution is -2.28. The summed E-state index contributed by atoms with van der Waals surface area (Å²) in [6, 6.07) is 0. The van der Waals surface area contributed by atoms with Gasteiger partial charge in [0.15, 0.2) is 11.5 Å². The van der Waals surface area contributed by atoms with E-state index in [2.05, 4.69) is 4.99 Å². The fraction of sp³-hybridized carbons (Fsp3) is 0.714. The third kappa shape index (κ3) is 1.98. The number of rotatable bonds is 2. The van der Waals surface area contributed by atoms with Crippen molar-refractivity contribution in [3.63, 3.8) is 0 Å². The van der Waals surface area contributed by atoms with Gasteiger partial charge in [0.25, 0.3) is 0 Å². The van der Waals surface area contributed by atoms with Crippen molar-refractivity contribution in [2.75, 3.05) is 6.61 Å². The predicted molar refractivity (Wildman–Crippen MR) is 47.1 cm³/mol. The lowest BCUT2D eigenvalue weighted by Gasteiger charge is -2.09. The molecule has 1 heterocycles. The van der Waals surface area contributed by atoms with Crippen molar-refractivity contribution in [1.29, 1.82) is 0 Å². The summed E-state index contributed by atoms with van der Waals surface area (Å²) in [4.78, 5) is 14.9. The Kier molecular flexibility index (Phi) is 3.11. The van der Waals surface area contributed by atoms with Crippen LogP contribution in [0.5, 0.6) is 0 Å². The first-order valence-electron chi connectivity index (χ1n) is 3.71. The van der Waals surface area contributed by atoms with Gasteiger partial charge in [0.2, 0.25) is 0 Å². The quantitative estimate of drug-likeness (QED) is 0.639. The van der Waals surface area contributed by atoms with Crippen molar-refractivity contribution < 1.29 is 14.6 Å². The topological polar surface area (TPSA) is 58.9 Å². The van der Waals surface area contributed by atoms with Crippen LogP contribution in [-0.2, 0) is 9.53 Å². The highest BCUT2D eigenvalue weighted by molar-refractivity contribution is 8.15. The Morgan fingerprint density at radius 1 is 1.83 bits per heavy atom. The molecule has 2 unspecified atom stereocenters. The normalized spacial score (nSPS) is 28.4. The smallest absolute Gasteiger partial charge is 0.324 e. The molecule has 0 aromatic rings. The maximum atomic E-state index is 11.1. The molecule has 12 heavy (non-hydrogen) atoms. The van der Waals surface area contributed by atoms with Gasteiger partial charge in [-0.25, -0.2) is 0 Å². The van der Waals surface area contributed by atoms with Gasteiger partial charge in [0, 0.05) is 0 Å². The molecule has 4 nitrogen and oxygen atoms in total. The monoisotopic (exact) mass is 189 g/mol. The van der Waals surface area contributed by atoms with Gasteiger partial charge in [0.1, 0.15) is 0 Å². The largest absolute Gasteiger partial charge is 0.465 e. The molecule has 1 rings (SSSR count). The zero-order valence-electron chi connectivity index (χ0n) is 6.98. The van der Waals surface area contributed by atoms with Gasteiger partial charge < -0.3 is 9.84 Å². The van der Waals surface area contributed by atoms with Crippen LogP contribution in [0.1, 0.15) is 13.8 Å². The number of thioether (sulfide) groups is 1. The van der Waals surface area contributed by atoms with Crippen LogP contribution < -0.4 is 0 Å². The Bertz CT molecular complexity index is 217. The van der Waals surface area contributed by atoms with Gasteiger partial charge >= 0.3 is 5.97 Å². The maximum Gasteiger partial charge on any atom is 0.324 e. The summed E-state index contributed by atoms with van der Waals surface area (Å²) in [5.41, 5.74) is 0. The number of nitrogens with zero attached hydrogens (tertiary/aromatic N) is 1. The molecule has 0 amide bonds.